The van der Waals surface area contributed by atoms with Gasteiger partial charge in [-0.05, 0) is 0 Å². The summed E-state index contributed by atoms with van der Waals surface area (Å²) in [5.41, 5.74) is 1.40. The molecule has 1 aromatic rings. The minimum absolute atomic E-state index is 0.944. The second-order valence-electron chi connectivity index (χ2n) is 4.03. The van der Waals surface area contributed by atoms with Crippen molar-refractivity contribution in [2.24, 2.45) is 0 Å². The molecule has 0 saturated heterocycles. The van der Waals surface area contributed by atoms with Gasteiger partial charge in [-0.1, -0.05) is 30.3 Å². The Hall–Kier alpha value is -0.470. The quantitative estimate of drug-likeness (QED) is 0.554. The molecule has 0 N–H and O–H groups in total. The summed E-state index contributed by atoms with van der Waals surface area (Å²) in [7, 11) is 4.48. The molecule has 0 fully saturated rings. The Labute approximate surface area is 86.4 Å². The fourth-order valence-electron chi connectivity index (χ4n) is 1.43. The number of thiol groups is 1. The van der Waals surface area contributed by atoms with Crippen molar-refractivity contribution in [3.05, 3.63) is 35.9 Å². The fourth-order valence-corrected chi connectivity index (χ4v) is 1.97. The van der Waals surface area contributed by atoms with E-state index in [-0.39, 0.29) is 0 Å². The molecule has 0 spiro atoms. The molecule has 0 radical (unpaired) electrons. The van der Waals surface area contributed by atoms with Crippen molar-refractivity contribution in [1.82, 2.24) is 0 Å². The first-order valence-corrected chi connectivity index (χ1v) is 5.24. The molecule has 2 heteroatoms. The largest absolute Gasteiger partial charge is 0.324 e. The smallest absolute Gasteiger partial charge is 0.104 e. The van der Waals surface area contributed by atoms with E-state index in [1.807, 2.05) is 0 Å². The second-order valence-corrected chi connectivity index (χ2v) is 4.47. The van der Waals surface area contributed by atoms with Crippen LogP contribution in [-0.4, -0.2) is 30.9 Å². The van der Waals surface area contributed by atoms with Crippen molar-refractivity contribution in [2.75, 3.05) is 26.4 Å². The summed E-state index contributed by atoms with van der Waals surface area (Å²) < 4.78 is 1.01. The van der Waals surface area contributed by atoms with Gasteiger partial charge in [-0.25, -0.2) is 0 Å². The monoisotopic (exact) mass is 196 g/mol. The van der Waals surface area contributed by atoms with Gasteiger partial charge in [0, 0.05) is 11.3 Å². The van der Waals surface area contributed by atoms with Crippen molar-refractivity contribution in [3.63, 3.8) is 0 Å². The van der Waals surface area contributed by atoms with Crippen molar-refractivity contribution in [1.29, 1.82) is 0 Å². The molecule has 0 bridgehead atoms. The van der Waals surface area contributed by atoms with Crippen LogP contribution in [0, 0.1) is 0 Å². The lowest BCUT2D eigenvalue weighted by molar-refractivity contribution is -0.901. The van der Waals surface area contributed by atoms with Gasteiger partial charge < -0.3 is 4.48 Å². The molecule has 0 aliphatic carbocycles. The SMILES string of the molecule is C[N+](C)(CCS)Cc1ccccc1. The van der Waals surface area contributed by atoms with Crippen LogP contribution in [-0.2, 0) is 6.54 Å². The van der Waals surface area contributed by atoms with Gasteiger partial charge in [0.1, 0.15) is 6.54 Å². The summed E-state index contributed by atoms with van der Waals surface area (Å²) >= 11 is 4.26. The fraction of sp³-hybridized carbons (Fsp3) is 0.455. The highest BCUT2D eigenvalue weighted by atomic mass is 32.1. The maximum absolute atomic E-state index is 4.26. The van der Waals surface area contributed by atoms with Crippen molar-refractivity contribution < 1.29 is 4.48 Å². The van der Waals surface area contributed by atoms with E-state index in [1.54, 1.807) is 0 Å². The molecule has 0 atom stereocenters. The highest BCUT2D eigenvalue weighted by Crippen LogP contribution is 2.08. The predicted octanol–water partition coefficient (Wildman–Crippen LogP) is 2.19. The van der Waals surface area contributed by atoms with Gasteiger partial charge in [-0.2, -0.15) is 12.6 Å². The third-order valence-electron chi connectivity index (χ3n) is 2.16. The van der Waals surface area contributed by atoms with Gasteiger partial charge in [-0.15, -0.1) is 0 Å². The third-order valence-corrected chi connectivity index (χ3v) is 2.36. The summed E-state index contributed by atoms with van der Waals surface area (Å²) in [4.78, 5) is 0. The zero-order valence-electron chi connectivity index (χ0n) is 8.40. The average molecular weight is 196 g/mol. The topological polar surface area (TPSA) is 0 Å². The van der Waals surface area contributed by atoms with Crippen LogP contribution in [0.2, 0.25) is 0 Å². The lowest BCUT2D eigenvalue weighted by Gasteiger charge is -2.29. The van der Waals surface area contributed by atoms with Crippen molar-refractivity contribution in [3.8, 4) is 0 Å². The Morgan fingerprint density at radius 1 is 1.15 bits per heavy atom. The van der Waals surface area contributed by atoms with Crippen LogP contribution in [0.25, 0.3) is 0 Å². The number of hydrogen-bond donors (Lipinski definition) is 1. The van der Waals surface area contributed by atoms with Crippen LogP contribution in [0.15, 0.2) is 30.3 Å². The maximum Gasteiger partial charge on any atom is 0.104 e. The van der Waals surface area contributed by atoms with E-state index in [4.69, 9.17) is 0 Å². The standard InChI is InChI=1S/C11H17NS/c1-12(2,8-9-13)10-11-6-4-3-5-7-11/h3-7H,8-10H2,1-2H3/p+1. The molecule has 0 saturated carbocycles. The van der Waals surface area contributed by atoms with Crippen LogP contribution in [0.4, 0.5) is 0 Å². The minimum Gasteiger partial charge on any atom is -0.324 e. The van der Waals surface area contributed by atoms with E-state index in [0.29, 0.717) is 0 Å². The van der Waals surface area contributed by atoms with E-state index in [1.165, 1.54) is 5.56 Å². The van der Waals surface area contributed by atoms with Gasteiger partial charge in [0.2, 0.25) is 0 Å². The average Bonchev–Trinajstić information content (AvgIpc) is 2.04. The Balaban J connectivity index is 2.58. The number of quaternary nitrogens is 1. The first-order chi connectivity index (χ1) is 6.14. The highest BCUT2D eigenvalue weighted by molar-refractivity contribution is 7.80. The molecule has 0 aliphatic rings. The Bertz CT molecular complexity index is 244. The molecule has 1 aromatic carbocycles. The van der Waals surface area contributed by atoms with E-state index < -0.39 is 0 Å². The number of hydrogen-bond acceptors (Lipinski definition) is 1. The normalized spacial score (nSPS) is 11.6. The summed E-state index contributed by atoms with van der Waals surface area (Å²) in [5.74, 6) is 0.944. The highest BCUT2D eigenvalue weighted by Gasteiger charge is 2.13. The Morgan fingerprint density at radius 2 is 1.77 bits per heavy atom. The molecule has 72 valence electrons. The zero-order chi connectivity index (χ0) is 9.73. The van der Waals surface area contributed by atoms with Crippen LogP contribution in [0.3, 0.4) is 0 Å². The number of benzene rings is 1. The van der Waals surface area contributed by atoms with Crippen LogP contribution in [0.1, 0.15) is 5.56 Å². The molecule has 0 heterocycles. The molecule has 1 nitrogen and oxygen atoms in total. The van der Waals surface area contributed by atoms with E-state index in [2.05, 4.69) is 57.1 Å². The molecule has 0 aromatic heterocycles. The van der Waals surface area contributed by atoms with E-state index in [0.717, 1.165) is 23.3 Å². The van der Waals surface area contributed by atoms with Crippen molar-refractivity contribution in [2.45, 2.75) is 6.54 Å². The van der Waals surface area contributed by atoms with Crippen LogP contribution >= 0.6 is 12.6 Å². The first-order valence-electron chi connectivity index (χ1n) is 4.61. The van der Waals surface area contributed by atoms with Gasteiger partial charge in [0.05, 0.1) is 20.6 Å². The zero-order valence-corrected chi connectivity index (χ0v) is 9.30. The Kier molecular flexibility index (Phi) is 3.82. The predicted molar refractivity (Wildman–Crippen MR) is 61.0 cm³/mol. The molecular weight excluding hydrogens is 178 g/mol. The molecular formula is C11H18NS+. The summed E-state index contributed by atoms with van der Waals surface area (Å²) in [5, 5.41) is 0. The molecule has 0 amide bonds. The van der Waals surface area contributed by atoms with Gasteiger partial charge in [-0.3, -0.25) is 0 Å². The van der Waals surface area contributed by atoms with E-state index in [9.17, 15) is 0 Å². The molecule has 0 unspecified atom stereocenters. The van der Waals surface area contributed by atoms with Crippen molar-refractivity contribution >= 4 is 12.6 Å². The Morgan fingerprint density at radius 3 is 2.31 bits per heavy atom. The first kappa shape index (κ1) is 10.6. The van der Waals surface area contributed by atoms with Crippen LogP contribution in [0.5, 0.6) is 0 Å². The maximum atomic E-state index is 4.26. The lowest BCUT2D eigenvalue weighted by Crippen LogP contribution is -2.40. The third kappa shape index (κ3) is 3.83. The number of nitrogens with zero attached hydrogens (tertiary/aromatic N) is 1. The van der Waals surface area contributed by atoms with E-state index >= 15 is 0 Å². The lowest BCUT2D eigenvalue weighted by atomic mass is 10.2. The second kappa shape index (κ2) is 4.68. The minimum atomic E-state index is 0.944. The van der Waals surface area contributed by atoms with Gasteiger partial charge in [0.25, 0.3) is 0 Å². The number of rotatable bonds is 4. The molecule has 0 aliphatic heterocycles. The molecule has 1 rings (SSSR count). The summed E-state index contributed by atoms with van der Waals surface area (Å²) in [6, 6.07) is 10.6. The van der Waals surface area contributed by atoms with Gasteiger partial charge >= 0.3 is 0 Å². The van der Waals surface area contributed by atoms with Gasteiger partial charge in [0.15, 0.2) is 0 Å². The summed E-state index contributed by atoms with van der Waals surface area (Å²) in [6.07, 6.45) is 0. The summed E-state index contributed by atoms with van der Waals surface area (Å²) in [6.45, 7) is 2.19. The molecule has 13 heavy (non-hydrogen) atoms. The van der Waals surface area contributed by atoms with Crippen LogP contribution < -0.4 is 0 Å².